The van der Waals surface area contributed by atoms with Crippen LogP contribution in [0.2, 0.25) is 5.15 Å². The SMILES string of the molecule is Nc1csc(NN=Cc2ccc(-c3ccc(Cl)nn3)cc2)n1. The van der Waals surface area contributed by atoms with Gasteiger partial charge in [-0.15, -0.1) is 21.5 Å². The van der Waals surface area contributed by atoms with Gasteiger partial charge in [0.15, 0.2) is 5.15 Å². The van der Waals surface area contributed by atoms with Crippen LogP contribution in [-0.2, 0) is 0 Å². The van der Waals surface area contributed by atoms with Crippen molar-refractivity contribution in [3.63, 3.8) is 0 Å². The Balaban J connectivity index is 1.67. The Morgan fingerprint density at radius 2 is 1.95 bits per heavy atom. The van der Waals surface area contributed by atoms with Crippen molar-refractivity contribution in [2.75, 3.05) is 11.2 Å². The Kier molecular flexibility index (Phi) is 4.27. The maximum Gasteiger partial charge on any atom is 0.205 e. The summed E-state index contributed by atoms with van der Waals surface area (Å²) in [4.78, 5) is 4.05. The second-order valence-electron chi connectivity index (χ2n) is 4.31. The molecule has 0 saturated carbocycles. The number of nitrogens with two attached hydrogens (primary N) is 1. The monoisotopic (exact) mass is 330 g/mol. The summed E-state index contributed by atoms with van der Waals surface area (Å²) in [5.74, 6) is 0.483. The lowest BCUT2D eigenvalue weighted by Gasteiger charge is -2.00. The average molecular weight is 331 g/mol. The molecular formula is C14H11ClN6S. The molecule has 3 rings (SSSR count). The number of rotatable bonds is 4. The van der Waals surface area contributed by atoms with Crippen molar-refractivity contribution in [2.45, 2.75) is 0 Å². The Morgan fingerprint density at radius 1 is 1.14 bits per heavy atom. The molecule has 1 aromatic carbocycles. The third-order valence-corrected chi connectivity index (χ3v) is 3.70. The molecule has 110 valence electrons. The molecule has 3 aromatic rings. The van der Waals surface area contributed by atoms with Crippen molar-refractivity contribution in [2.24, 2.45) is 5.10 Å². The normalized spacial score (nSPS) is 11.0. The van der Waals surface area contributed by atoms with Crippen LogP contribution in [0.5, 0.6) is 0 Å². The zero-order chi connectivity index (χ0) is 15.4. The minimum Gasteiger partial charge on any atom is -0.383 e. The second-order valence-corrected chi connectivity index (χ2v) is 5.56. The number of benzene rings is 1. The van der Waals surface area contributed by atoms with Gasteiger partial charge in [-0.25, -0.2) is 4.98 Å². The van der Waals surface area contributed by atoms with E-state index in [0.717, 1.165) is 16.8 Å². The fraction of sp³-hybridized carbons (Fsp3) is 0. The Labute approximate surface area is 135 Å². The van der Waals surface area contributed by atoms with Gasteiger partial charge >= 0.3 is 0 Å². The number of hydrogen-bond acceptors (Lipinski definition) is 7. The number of thiazole rings is 1. The smallest absolute Gasteiger partial charge is 0.205 e. The van der Waals surface area contributed by atoms with Crippen molar-refractivity contribution in [3.8, 4) is 11.3 Å². The van der Waals surface area contributed by atoms with E-state index in [0.29, 0.717) is 16.1 Å². The molecule has 0 aliphatic rings. The molecule has 0 fully saturated rings. The fourth-order valence-corrected chi connectivity index (χ4v) is 2.36. The summed E-state index contributed by atoms with van der Waals surface area (Å²) in [7, 11) is 0. The predicted octanol–water partition coefficient (Wildman–Crippen LogP) is 3.28. The number of halogens is 1. The van der Waals surface area contributed by atoms with Crippen molar-refractivity contribution >= 4 is 40.1 Å². The number of anilines is 2. The summed E-state index contributed by atoms with van der Waals surface area (Å²) < 4.78 is 0. The number of hydrazone groups is 1. The molecule has 0 radical (unpaired) electrons. The van der Waals surface area contributed by atoms with Crippen LogP contribution in [0.25, 0.3) is 11.3 Å². The summed E-state index contributed by atoms with van der Waals surface area (Å²) in [6.45, 7) is 0. The minimum atomic E-state index is 0.376. The van der Waals surface area contributed by atoms with Gasteiger partial charge in [0.1, 0.15) is 5.82 Å². The molecule has 6 nitrogen and oxygen atoms in total. The third-order valence-electron chi connectivity index (χ3n) is 2.73. The molecule has 0 aliphatic heterocycles. The van der Waals surface area contributed by atoms with Gasteiger partial charge in [0.25, 0.3) is 0 Å². The highest BCUT2D eigenvalue weighted by molar-refractivity contribution is 7.14. The van der Waals surface area contributed by atoms with Gasteiger partial charge in [-0.1, -0.05) is 35.9 Å². The van der Waals surface area contributed by atoms with Crippen molar-refractivity contribution in [1.29, 1.82) is 0 Å². The van der Waals surface area contributed by atoms with Crippen molar-refractivity contribution in [3.05, 3.63) is 52.5 Å². The van der Waals surface area contributed by atoms with Gasteiger partial charge in [0.2, 0.25) is 5.13 Å². The molecule has 0 amide bonds. The van der Waals surface area contributed by atoms with Crippen LogP contribution in [0, 0.1) is 0 Å². The van der Waals surface area contributed by atoms with E-state index in [1.807, 2.05) is 30.3 Å². The maximum absolute atomic E-state index is 5.72. The van der Waals surface area contributed by atoms with Crippen LogP contribution in [0.1, 0.15) is 5.56 Å². The van der Waals surface area contributed by atoms with E-state index in [1.165, 1.54) is 11.3 Å². The van der Waals surface area contributed by atoms with Crippen LogP contribution in [-0.4, -0.2) is 21.4 Å². The first-order chi connectivity index (χ1) is 10.7. The van der Waals surface area contributed by atoms with E-state index >= 15 is 0 Å². The molecular weight excluding hydrogens is 320 g/mol. The van der Waals surface area contributed by atoms with Crippen molar-refractivity contribution < 1.29 is 0 Å². The number of nitrogens with one attached hydrogen (secondary N) is 1. The zero-order valence-corrected chi connectivity index (χ0v) is 12.8. The minimum absolute atomic E-state index is 0.376. The fourth-order valence-electron chi connectivity index (χ4n) is 1.71. The first kappa shape index (κ1) is 14.4. The highest BCUT2D eigenvalue weighted by atomic mass is 35.5. The van der Waals surface area contributed by atoms with E-state index in [4.69, 9.17) is 17.3 Å². The summed E-state index contributed by atoms with van der Waals surface area (Å²) in [5.41, 5.74) is 11.0. The van der Waals surface area contributed by atoms with Gasteiger partial charge in [0, 0.05) is 10.9 Å². The van der Waals surface area contributed by atoms with Gasteiger partial charge in [-0.05, 0) is 17.7 Å². The van der Waals surface area contributed by atoms with Crippen LogP contribution in [0.15, 0.2) is 46.9 Å². The molecule has 0 atom stereocenters. The third kappa shape index (κ3) is 3.57. The van der Waals surface area contributed by atoms with Crippen molar-refractivity contribution in [1.82, 2.24) is 15.2 Å². The van der Waals surface area contributed by atoms with E-state index < -0.39 is 0 Å². The van der Waals surface area contributed by atoms with Crippen LogP contribution in [0.3, 0.4) is 0 Å². The summed E-state index contributed by atoms with van der Waals surface area (Å²) >= 11 is 7.12. The van der Waals surface area contributed by atoms with Crippen LogP contribution < -0.4 is 11.2 Å². The zero-order valence-electron chi connectivity index (χ0n) is 11.3. The van der Waals surface area contributed by atoms with Gasteiger partial charge < -0.3 is 5.73 Å². The van der Waals surface area contributed by atoms with Crippen LogP contribution >= 0.6 is 22.9 Å². The quantitative estimate of drug-likeness (QED) is 0.566. The summed E-state index contributed by atoms with van der Waals surface area (Å²) in [5, 5.41) is 14.8. The average Bonchev–Trinajstić information content (AvgIpc) is 2.94. The molecule has 0 bridgehead atoms. The molecule has 2 aromatic heterocycles. The van der Waals surface area contributed by atoms with Gasteiger partial charge in [-0.3, -0.25) is 5.43 Å². The molecule has 0 unspecified atom stereocenters. The standard InChI is InChI=1S/C14H11ClN6S/c15-12-6-5-11(19-20-12)10-3-1-9(2-4-10)7-17-21-14-18-13(16)8-22-14/h1-8H,16H2,(H,18,21). The van der Waals surface area contributed by atoms with E-state index in [1.54, 1.807) is 17.7 Å². The molecule has 0 saturated heterocycles. The second kappa shape index (κ2) is 6.50. The molecule has 0 aliphatic carbocycles. The molecule has 3 N–H and O–H groups in total. The lowest BCUT2D eigenvalue weighted by atomic mass is 10.1. The number of hydrogen-bond donors (Lipinski definition) is 2. The number of nitrogen functional groups attached to an aromatic ring is 1. The predicted molar refractivity (Wildman–Crippen MR) is 90.2 cm³/mol. The summed E-state index contributed by atoms with van der Waals surface area (Å²) in [6, 6.07) is 11.3. The Hall–Kier alpha value is -2.51. The largest absolute Gasteiger partial charge is 0.383 e. The molecule has 2 heterocycles. The number of nitrogens with zero attached hydrogens (tertiary/aromatic N) is 4. The first-order valence-electron chi connectivity index (χ1n) is 6.30. The molecule has 0 spiro atoms. The van der Waals surface area contributed by atoms with E-state index in [2.05, 4.69) is 25.7 Å². The number of aromatic nitrogens is 3. The Bertz CT molecular complexity index is 782. The summed E-state index contributed by atoms with van der Waals surface area (Å²) in [6.07, 6.45) is 1.70. The maximum atomic E-state index is 5.72. The lowest BCUT2D eigenvalue weighted by molar-refractivity contribution is 1.04. The topological polar surface area (TPSA) is 89.1 Å². The first-order valence-corrected chi connectivity index (χ1v) is 7.56. The van der Waals surface area contributed by atoms with E-state index in [-0.39, 0.29) is 0 Å². The molecule has 22 heavy (non-hydrogen) atoms. The van der Waals surface area contributed by atoms with E-state index in [9.17, 15) is 0 Å². The Morgan fingerprint density at radius 3 is 2.59 bits per heavy atom. The van der Waals surface area contributed by atoms with Gasteiger partial charge in [-0.2, -0.15) is 5.10 Å². The lowest BCUT2D eigenvalue weighted by Crippen LogP contribution is -1.91. The van der Waals surface area contributed by atoms with Gasteiger partial charge in [0.05, 0.1) is 11.9 Å². The highest BCUT2D eigenvalue weighted by Crippen LogP contribution is 2.18. The highest BCUT2D eigenvalue weighted by Gasteiger charge is 2.00. The molecule has 8 heteroatoms. The van der Waals surface area contributed by atoms with Crippen LogP contribution in [0.4, 0.5) is 10.9 Å².